The highest BCUT2D eigenvalue weighted by atomic mass is 14.9. The lowest BCUT2D eigenvalue weighted by Gasteiger charge is -2.19. The Balaban J connectivity index is 1.32. The zero-order valence-corrected chi connectivity index (χ0v) is 33.9. The van der Waals surface area contributed by atoms with Crippen LogP contribution in [0.5, 0.6) is 0 Å². The summed E-state index contributed by atoms with van der Waals surface area (Å²) in [5.74, 6) is 0. The van der Waals surface area contributed by atoms with E-state index in [1.165, 1.54) is 121 Å². The predicted octanol–water partition coefficient (Wildman–Crippen LogP) is 15.6. The molecule has 0 aliphatic rings. The van der Waals surface area contributed by atoms with Gasteiger partial charge in [-0.3, -0.25) is 0 Å². The molecule has 0 aliphatic carbocycles. The second kappa shape index (κ2) is 11.5. The van der Waals surface area contributed by atoms with Gasteiger partial charge in [0.15, 0.2) is 0 Å². The highest BCUT2D eigenvalue weighted by molar-refractivity contribution is 6.45. The Hall–Kier alpha value is -6.64. The minimum absolute atomic E-state index is 0.0101. The molecule has 8 aromatic carbocycles. The third kappa shape index (κ3) is 4.43. The van der Waals surface area contributed by atoms with E-state index in [1.807, 2.05) is 0 Å². The van der Waals surface area contributed by atoms with Gasteiger partial charge >= 0.3 is 0 Å². The Kier molecular flexibility index (Phi) is 6.63. The first-order valence-electron chi connectivity index (χ1n) is 20.7. The molecule has 0 amide bonds. The first kappa shape index (κ1) is 33.5. The van der Waals surface area contributed by atoms with Crippen LogP contribution in [0.25, 0.3) is 110 Å². The van der Waals surface area contributed by atoms with Crippen LogP contribution in [0.4, 0.5) is 0 Å². The van der Waals surface area contributed by atoms with Crippen molar-refractivity contribution in [1.82, 2.24) is 8.80 Å². The lowest BCUT2D eigenvalue weighted by atomic mass is 9.85. The molecule has 0 unspecified atom stereocenters. The average molecular weight is 745 g/mol. The normalized spacial score (nSPS) is 13.0. The summed E-state index contributed by atoms with van der Waals surface area (Å²) in [6.45, 7) is 14.0. The summed E-state index contributed by atoms with van der Waals surface area (Å²) >= 11 is 0. The van der Waals surface area contributed by atoms with Crippen LogP contribution in [0.2, 0.25) is 0 Å². The number of rotatable bonds is 3. The molecule has 0 saturated carbocycles. The third-order valence-corrected chi connectivity index (χ3v) is 13.1. The van der Waals surface area contributed by atoms with Gasteiger partial charge in [-0.05, 0) is 97.8 Å². The largest absolute Gasteiger partial charge is 0.308 e. The number of fused-ring (bicyclic) bond motifs is 14. The van der Waals surface area contributed by atoms with Crippen LogP contribution >= 0.6 is 0 Å². The molecule has 12 aromatic rings. The van der Waals surface area contributed by atoms with Crippen molar-refractivity contribution < 1.29 is 0 Å². The number of hydrogen-bond donors (Lipinski definition) is 0. The molecule has 2 heteroatoms. The van der Waals surface area contributed by atoms with E-state index >= 15 is 0 Å². The van der Waals surface area contributed by atoms with Gasteiger partial charge in [0.05, 0.1) is 33.1 Å². The minimum atomic E-state index is 0.0101. The second-order valence-corrected chi connectivity index (χ2v) is 18.5. The maximum Gasteiger partial charge on any atom is 0.0634 e. The fourth-order valence-corrected chi connectivity index (χ4v) is 10.3. The fourth-order valence-electron chi connectivity index (χ4n) is 10.3. The van der Waals surface area contributed by atoms with E-state index in [2.05, 4.69) is 208 Å². The number of aromatic nitrogens is 2. The Morgan fingerprint density at radius 3 is 1.24 bits per heavy atom. The van der Waals surface area contributed by atoms with Crippen LogP contribution in [0.1, 0.15) is 52.7 Å². The van der Waals surface area contributed by atoms with Crippen molar-refractivity contribution in [2.24, 2.45) is 0 Å². The zero-order valence-electron chi connectivity index (χ0n) is 33.9. The van der Waals surface area contributed by atoms with E-state index in [-0.39, 0.29) is 10.8 Å². The molecule has 0 radical (unpaired) electrons. The standard InChI is InChI=1S/C56H44N2/c1-55(2,3)36-26-29-47-42(31-36)51-49-40-20-13-14-23-44(40)57-46-28-25-37(56(4,5)6)32-43(46)52(53(49)57)50-41-30-35(24-27-45(41)58(47)54(50)51)48-38(33-16-9-7-10-17-33)21-15-22-39(48)34-18-11-8-12-19-34/h7-32H,1-6H3. The van der Waals surface area contributed by atoms with Gasteiger partial charge in [0.2, 0.25) is 0 Å². The summed E-state index contributed by atoms with van der Waals surface area (Å²) in [5.41, 5.74) is 17.9. The van der Waals surface area contributed by atoms with Crippen LogP contribution < -0.4 is 0 Å². The van der Waals surface area contributed by atoms with Crippen molar-refractivity contribution in [2.45, 2.75) is 52.4 Å². The number of benzene rings is 8. The van der Waals surface area contributed by atoms with E-state index in [0.29, 0.717) is 0 Å². The third-order valence-electron chi connectivity index (χ3n) is 13.1. The van der Waals surface area contributed by atoms with Crippen molar-refractivity contribution in [3.05, 3.63) is 169 Å². The predicted molar refractivity (Wildman–Crippen MR) is 249 cm³/mol. The van der Waals surface area contributed by atoms with Crippen molar-refractivity contribution in [2.75, 3.05) is 0 Å². The van der Waals surface area contributed by atoms with E-state index in [9.17, 15) is 0 Å². The molecular weight excluding hydrogens is 701 g/mol. The van der Waals surface area contributed by atoms with Gasteiger partial charge in [-0.2, -0.15) is 0 Å². The van der Waals surface area contributed by atoms with Crippen molar-refractivity contribution in [1.29, 1.82) is 0 Å². The Morgan fingerprint density at radius 2 is 0.741 bits per heavy atom. The Bertz CT molecular complexity index is 3550. The van der Waals surface area contributed by atoms with Gasteiger partial charge in [0.25, 0.3) is 0 Å². The van der Waals surface area contributed by atoms with E-state index < -0.39 is 0 Å². The van der Waals surface area contributed by atoms with E-state index in [0.717, 1.165) is 0 Å². The maximum absolute atomic E-state index is 2.60. The molecule has 58 heavy (non-hydrogen) atoms. The van der Waals surface area contributed by atoms with Gasteiger partial charge < -0.3 is 8.80 Å². The molecule has 4 heterocycles. The second-order valence-electron chi connectivity index (χ2n) is 18.5. The molecule has 278 valence electrons. The van der Waals surface area contributed by atoms with Gasteiger partial charge in [-0.25, -0.2) is 0 Å². The monoisotopic (exact) mass is 744 g/mol. The molecule has 4 aromatic heterocycles. The average Bonchev–Trinajstić information content (AvgIpc) is 3.96. The van der Waals surface area contributed by atoms with Crippen LogP contribution in [-0.4, -0.2) is 8.80 Å². The first-order chi connectivity index (χ1) is 28.1. The van der Waals surface area contributed by atoms with Gasteiger partial charge in [0.1, 0.15) is 0 Å². The molecule has 0 atom stereocenters. The van der Waals surface area contributed by atoms with Crippen LogP contribution in [0, 0.1) is 0 Å². The minimum Gasteiger partial charge on any atom is -0.308 e. The van der Waals surface area contributed by atoms with Crippen molar-refractivity contribution in [3.8, 4) is 33.4 Å². The van der Waals surface area contributed by atoms with Gasteiger partial charge in [0, 0.05) is 43.1 Å². The highest BCUT2D eigenvalue weighted by Crippen LogP contribution is 2.53. The summed E-state index contributed by atoms with van der Waals surface area (Å²) < 4.78 is 5.18. The van der Waals surface area contributed by atoms with Gasteiger partial charge in [-0.15, -0.1) is 0 Å². The maximum atomic E-state index is 2.60. The van der Waals surface area contributed by atoms with Crippen LogP contribution in [-0.2, 0) is 10.8 Å². The Labute approximate surface area is 338 Å². The number of para-hydroxylation sites is 1. The molecular formula is C56H44N2. The van der Waals surface area contributed by atoms with E-state index in [4.69, 9.17) is 0 Å². The first-order valence-corrected chi connectivity index (χ1v) is 20.7. The van der Waals surface area contributed by atoms with Gasteiger partial charge in [-0.1, -0.05) is 157 Å². The Morgan fingerprint density at radius 1 is 0.328 bits per heavy atom. The smallest absolute Gasteiger partial charge is 0.0634 e. The lowest BCUT2D eigenvalue weighted by Crippen LogP contribution is -2.10. The van der Waals surface area contributed by atoms with Crippen LogP contribution in [0.3, 0.4) is 0 Å². The number of hydrogen-bond acceptors (Lipinski definition) is 0. The van der Waals surface area contributed by atoms with Crippen molar-refractivity contribution >= 4 is 76.2 Å². The molecule has 0 saturated heterocycles. The summed E-state index contributed by atoms with van der Waals surface area (Å²) in [6.07, 6.45) is 0. The number of nitrogens with zero attached hydrogens (tertiary/aromatic N) is 2. The van der Waals surface area contributed by atoms with E-state index in [1.54, 1.807) is 0 Å². The molecule has 2 nitrogen and oxygen atoms in total. The summed E-state index contributed by atoms with van der Waals surface area (Å²) in [7, 11) is 0. The molecule has 0 spiro atoms. The highest BCUT2D eigenvalue weighted by Gasteiger charge is 2.30. The summed E-state index contributed by atoms with van der Waals surface area (Å²) in [4.78, 5) is 0. The van der Waals surface area contributed by atoms with Crippen molar-refractivity contribution in [3.63, 3.8) is 0 Å². The summed E-state index contributed by atoms with van der Waals surface area (Å²) in [6, 6.07) is 59.4. The SMILES string of the molecule is CC(C)(C)c1ccc2c(c1)c1c3c4cc(-c5c(-c6ccccc6)cccc5-c5ccccc5)ccc4n4c5ccc(C(C)(C)C)cc5c(c5c6ccccc6n2c51)c34. The fraction of sp³-hybridized carbons (Fsp3) is 0.143. The molecule has 12 rings (SSSR count). The summed E-state index contributed by atoms with van der Waals surface area (Å²) in [5, 5.41) is 10.7. The van der Waals surface area contributed by atoms with Crippen LogP contribution in [0.15, 0.2) is 158 Å². The topological polar surface area (TPSA) is 8.82 Å². The quantitative estimate of drug-likeness (QED) is 0.170. The molecule has 0 aliphatic heterocycles. The molecule has 0 bridgehead atoms. The molecule has 0 fully saturated rings. The zero-order chi connectivity index (χ0) is 39.2. The lowest BCUT2D eigenvalue weighted by molar-refractivity contribution is 0.591. The molecule has 0 N–H and O–H groups in total.